The number of benzene rings is 1. The van der Waals surface area contributed by atoms with E-state index in [4.69, 9.17) is 0 Å². The monoisotopic (exact) mass is 531 g/mol. The van der Waals surface area contributed by atoms with Crippen molar-refractivity contribution in [2.75, 3.05) is 33.7 Å². The Kier molecular flexibility index (Phi) is 17.3. The SMILES string of the molecule is CC.CCCN(CCC)C/C(C)=C/c1c(Br)ccnc1C.CCc1ccc(C(=O)N(C)C)cc1. The Morgan fingerprint density at radius 2 is 1.56 bits per heavy atom. The molecule has 1 heterocycles. The highest BCUT2D eigenvalue weighted by molar-refractivity contribution is 9.10. The number of nitrogens with zero attached hydrogens (tertiary/aromatic N) is 3. The lowest BCUT2D eigenvalue weighted by atomic mass is 10.1. The van der Waals surface area contributed by atoms with Crippen LogP contribution in [-0.4, -0.2) is 54.4 Å². The van der Waals surface area contributed by atoms with Gasteiger partial charge >= 0.3 is 0 Å². The summed E-state index contributed by atoms with van der Waals surface area (Å²) in [4.78, 5) is 19.9. The van der Waals surface area contributed by atoms with E-state index in [2.05, 4.69) is 66.5 Å². The van der Waals surface area contributed by atoms with Gasteiger partial charge in [-0.15, -0.1) is 0 Å². The standard InChI is InChI=1S/C16H25BrN2.C11H15NO.C2H6/c1-5-9-19(10-6-2)12-13(3)11-15-14(4)18-8-7-16(15)17;1-4-9-5-7-10(8-6-9)11(13)12(2)3;1-2/h7-8,11H,5-6,9-10,12H2,1-4H3;5-8H,4H2,1-3H3;1-2H3/b13-11+;;. The van der Waals surface area contributed by atoms with Crippen molar-refractivity contribution < 1.29 is 4.79 Å². The van der Waals surface area contributed by atoms with Gasteiger partial charge in [0.05, 0.1) is 0 Å². The van der Waals surface area contributed by atoms with Crippen molar-refractivity contribution in [2.45, 2.75) is 67.7 Å². The fraction of sp³-hybridized carbons (Fsp3) is 0.517. The first kappa shape index (κ1) is 32.0. The molecule has 0 saturated carbocycles. The van der Waals surface area contributed by atoms with Gasteiger partial charge in [0.25, 0.3) is 5.91 Å². The molecule has 0 atom stereocenters. The average molecular weight is 533 g/mol. The van der Waals surface area contributed by atoms with Crippen molar-refractivity contribution in [3.05, 3.63) is 69.0 Å². The summed E-state index contributed by atoms with van der Waals surface area (Å²) in [5.74, 6) is 0.0580. The average Bonchev–Trinajstić information content (AvgIpc) is 2.83. The quantitative estimate of drug-likeness (QED) is 0.333. The Morgan fingerprint density at radius 1 is 1.00 bits per heavy atom. The van der Waals surface area contributed by atoms with E-state index in [9.17, 15) is 4.79 Å². The number of carbonyl (C=O) groups is 1. The highest BCUT2D eigenvalue weighted by Crippen LogP contribution is 2.21. The first-order chi connectivity index (χ1) is 16.2. The molecule has 5 heteroatoms. The largest absolute Gasteiger partial charge is 0.345 e. The highest BCUT2D eigenvalue weighted by Gasteiger charge is 2.07. The minimum atomic E-state index is 0.0580. The van der Waals surface area contributed by atoms with E-state index < -0.39 is 0 Å². The van der Waals surface area contributed by atoms with Crippen LogP contribution in [-0.2, 0) is 6.42 Å². The van der Waals surface area contributed by atoms with Crippen LogP contribution in [0.5, 0.6) is 0 Å². The van der Waals surface area contributed by atoms with Crippen molar-refractivity contribution in [3.63, 3.8) is 0 Å². The van der Waals surface area contributed by atoms with Gasteiger partial charge in [0.2, 0.25) is 0 Å². The molecular weight excluding hydrogens is 486 g/mol. The molecule has 1 amide bonds. The van der Waals surface area contributed by atoms with Gasteiger partial charge in [0, 0.05) is 48.1 Å². The molecule has 0 aliphatic heterocycles. The van der Waals surface area contributed by atoms with E-state index in [1.807, 2.05) is 50.4 Å². The summed E-state index contributed by atoms with van der Waals surface area (Å²) in [6, 6.07) is 9.75. The van der Waals surface area contributed by atoms with Crippen LogP contribution in [0.4, 0.5) is 0 Å². The number of rotatable bonds is 9. The van der Waals surface area contributed by atoms with Gasteiger partial charge in [-0.05, 0) is 70.0 Å². The van der Waals surface area contributed by atoms with Crippen LogP contribution in [0.1, 0.15) is 81.6 Å². The van der Waals surface area contributed by atoms with Crippen molar-refractivity contribution in [1.29, 1.82) is 0 Å². The third-order valence-electron chi connectivity index (χ3n) is 5.09. The van der Waals surface area contributed by atoms with Crippen LogP contribution in [0.3, 0.4) is 0 Å². The van der Waals surface area contributed by atoms with Crippen LogP contribution in [0.15, 0.2) is 46.6 Å². The maximum atomic E-state index is 11.5. The summed E-state index contributed by atoms with van der Waals surface area (Å²) in [5, 5.41) is 0. The molecule has 1 aromatic carbocycles. The van der Waals surface area contributed by atoms with Gasteiger partial charge in [-0.2, -0.15) is 0 Å². The van der Waals surface area contributed by atoms with E-state index in [1.54, 1.807) is 19.0 Å². The van der Waals surface area contributed by atoms with Gasteiger partial charge < -0.3 is 4.90 Å². The number of aryl methyl sites for hydroxylation is 2. The number of hydrogen-bond donors (Lipinski definition) is 0. The van der Waals surface area contributed by atoms with Crippen molar-refractivity contribution in [1.82, 2.24) is 14.8 Å². The van der Waals surface area contributed by atoms with E-state index >= 15 is 0 Å². The molecule has 0 unspecified atom stereocenters. The van der Waals surface area contributed by atoms with Crippen LogP contribution in [0.25, 0.3) is 6.08 Å². The molecule has 0 N–H and O–H groups in total. The maximum absolute atomic E-state index is 11.5. The number of carbonyl (C=O) groups excluding carboxylic acids is 1. The molecule has 1 aromatic heterocycles. The lowest BCUT2D eigenvalue weighted by Crippen LogP contribution is -2.27. The summed E-state index contributed by atoms with van der Waals surface area (Å²) in [5.41, 5.74) is 5.68. The van der Waals surface area contributed by atoms with Crippen molar-refractivity contribution in [3.8, 4) is 0 Å². The molecule has 0 aliphatic carbocycles. The lowest BCUT2D eigenvalue weighted by Gasteiger charge is -2.21. The molecule has 0 aliphatic rings. The molecule has 0 saturated heterocycles. The van der Waals surface area contributed by atoms with E-state index in [0.717, 1.165) is 28.7 Å². The molecule has 0 bridgehead atoms. The lowest BCUT2D eigenvalue weighted by molar-refractivity contribution is 0.0827. The third kappa shape index (κ3) is 11.9. The van der Waals surface area contributed by atoms with Crippen LogP contribution < -0.4 is 0 Å². The summed E-state index contributed by atoms with van der Waals surface area (Å²) in [7, 11) is 3.52. The van der Waals surface area contributed by atoms with Gasteiger partial charge in [-0.3, -0.25) is 14.7 Å². The number of halogens is 1. The van der Waals surface area contributed by atoms with Gasteiger partial charge in [0.1, 0.15) is 0 Å². The molecule has 34 heavy (non-hydrogen) atoms. The Morgan fingerprint density at radius 3 is 2.00 bits per heavy atom. The van der Waals surface area contributed by atoms with Gasteiger partial charge in [-0.1, -0.05) is 74.3 Å². The first-order valence-corrected chi connectivity index (χ1v) is 13.3. The zero-order valence-electron chi connectivity index (χ0n) is 22.9. The molecule has 2 aromatic rings. The number of pyridine rings is 1. The third-order valence-corrected chi connectivity index (χ3v) is 5.79. The smallest absolute Gasteiger partial charge is 0.253 e. The Labute approximate surface area is 217 Å². The number of aromatic nitrogens is 1. The minimum Gasteiger partial charge on any atom is -0.345 e. The topological polar surface area (TPSA) is 36.4 Å². The Bertz CT molecular complexity index is 834. The fourth-order valence-electron chi connectivity index (χ4n) is 3.41. The zero-order chi connectivity index (χ0) is 26.1. The predicted molar refractivity (Wildman–Crippen MR) is 153 cm³/mol. The second kappa shape index (κ2) is 18.4. The molecule has 0 radical (unpaired) electrons. The molecule has 0 fully saturated rings. The Hall–Kier alpha value is -1.98. The minimum absolute atomic E-state index is 0.0580. The van der Waals surface area contributed by atoms with Crippen LogP contribution in [0.2, 0.25) is 0 Å². The van der Waals surface area contributed by atoms with Gasteiger partial charge in [-0.25, -0.2) is 0 Å². The molecular formula is C29H46BrN3O. The molecule has 0 spiro atoms. The maximum Gasteiger partial charge on any atom is 0.253 e. The van der Waals surface area contributed by atoms with E-state index in [-0.39, 0.29) is 5.91 Å². The molecule has 2 rings (SSSR count). The van der Waals surface area contributed by atoms with E-state index in [1.165, 1.54) is 42.6 Å². The second-order valence-electron chi connectivity index (χ2n) is 8.31. The van der Waals surface area contributed by atoms with Crippen molar-refractivity contribution >= 4 is 27.9 Å². The zero-order valence-corrected chi connectivity index (χ0v) is 24.5. The number of amides is 1. The Balaban J connectivity index is 0.000000633. The summed E-state index contributed by atoms with van der Waals surface area (Å²) >= 11 is 3.61. The molecule has 190 valence electrons. The fourth-order valence-corrected chi connectivity index (χ4v) is 3.93. The summed E-state index contributed by atoms with van der Waals surface area (Å²) in [6.45, 7) is 18.2. The normalized spacial score (nSPS) is 10.7. The van der Waals surface area contributed by atoms with E-state index in [0.29, 0.717) is 0 Å². The molecule has 4 nitrogen and oxygen atoms in total. The van der Waals surface area contributed by atoms with Crippen LogP contribution in [0, 0.1) is 6.92 Å². The van der Waals surface area contributed by atoms with Gasteiger partial charge in [0.15, 0.2) is 0 Å². The summed E-state index contributed by atoms with van der Waals surface area (Å²) < 4.78 is 1.12. The summed E-state index contributed by atoms with van der Waals surface area (Å²) in [6.07, 6.45) is 7.53. The number of hydrogen-bond acceptors (Lipinski definition) is 3. The van der Waals surface area contributed by atoms with Crippen molar-refractivity contribution in [2.24, 2.45) is 0 Å². The highest BCUT2D eigenvalue weighted by atomic mass is 79.9. The predicted octanol–water partition coefficient (Wildman–Crippen LogP) is 7.65. The first-order valence-electron chi connectivity index (χ1n) is 12.5. The van der Waals surface area contributed by atoms with Crippen LogP contribution >= 0.6 is 15.9 Å². The second-order valence-corrected chi connectivity index (χ2v) is 9.16.